The number of aromatic nitrogens is 2. The van der Waals surface area contributed by atoms with Gasteiger partial charge in [0.15, 0.2) is 0 Å². The zero-order valence-electron chi connectivity index (χ0n) is 19.4. The van der Waals surface area contributed by atoms with Crippen LogP contribution in [-0.4, -0.2) is 53.4 Å². The number of nitrogens with zero attached hydrogens (tertiary/aromatic N) is 4. The number of rotatable bonds is 7. The third-order valence-electron chi connectivity index (χ3n) is 7.14. The van der Waals surface area contributed by atoms with Crippen LogP contribution in [0.3, 0.4) is 0 Å². The average Bonchev–Trinajstić information content (AvgIpc) is 3.37. The lowest BCUT2D eigenvalue weighted by molar-refractivity contribution is -0.109. The van der Waals surface area contributed by atoms with Crippen LogP contribution in [0.15, 0.2) is 60.8 Å². The van der Waals surface area contributed by atoms with E-state index in [0.29, 0.717) is 5.92 Å². The summed E-state index contributed by atoms with van der Waals surface area (Å²) in [5.41, 5.74) is 4.15. The monoisotopic (exact) mass is 458 g/mol. The molecule has 4 heterocycles. The predicted molar refractivity (Wildman–Crippen MR) is 132 cm³/mol. The summed E-state index contributed by atoms with van der Waals surface area (Å²) in [5, 5.41) is 0. The fourth-order valence-electron chi connectivity index (χ4n) is 5.26. The first-order valence-corrected chi connectivity index (χ1v) is 12.3. The Kier molecular flexibility index (Phi) is 6.95. The van der Waals surface area contributed by atoms with E-state index in [9.17, 15) is 9.18 Å². The average molecular weight is 459 g/mol. The molecule has 2 aliphatic heterocycles. The van der Waals surface area contributed by atoms with Crippen molar-refractivity contribution < 1.29 is 9.18 Å². The van der Waals surface area contributed by atoms with Crippen molar-refractivity contribution in [2.45, 2.75) is 44.1 Å². The van der Waals surface area contributed by atoms with Gasteiger partial charge in [-0.05, 0) is 86.7 Å². The van der Waals surface area contributed by atoms with E-state index in [1.807, 2.05) is 24.4 Å². The number of anilines is 1. The lowest BCUT2D eigenvalue weighted by Crippen LogP contribution is -2.41. The molecule has 0 spiro atoms. The van der Waals surface area contributed by atoms with Gasteiger partial charge in [0.2, 0.25) is 0 Å². The van der Waals surface area contributed by atoms with Gasteiger partial charge in [0.25, 0.3) is 0 Å². The second-order valence-corrected chi connectivity index (χ2v) is 9.37. The van der Waals surface area contributed by atoms with E-state index in [0.717, 1.165) is 87.3 Å². The summed E-state index contributed by atoms with van der Waals surface area (Å²) in [5.74, 6) is 1.14. The van der Waals surface area contributed by atoms with Crippen LogP contribution >= 0.6 is 0 Å². The third-order valence-corrected chi connectivity index (χ3v) is 7.14. The molecule has 0 radical (unpaired) electrons. The lowest BCUT2D eigenvalue weighted by atomic mass is 10.0. The quantitative estimate of drug-likeness (QED) is 0.473. The maximum Gasteiger partial charge on any atom is 0.142 e. The molecular formula is C28H31FN4O. The summed E-state index contributed by atoms with van der Waals surface area (Å²) in [7, 11) is 0. The van der Waals surface area contributed by atoms with Crippen molar-refractivity contribution in [3.8, 4) is 11.3 Å². The van der Waals surface area contributed by atoms with E-state index in [4.69, 9.17) is 4.98 Å². The molecule has 2 saturated heterocycles. The number of piperidine rings is 1. The molecule has 0 saturated carbocycles. The molecular weight excluding hydrogens is 427 g/mol. The second kappa shape index (κ2) is 10.4. The summed E-state index contributed by atoms with van der Waals surface area (Å²) < 4.78 is 13.3. The number of likely N-dealkylation sites (tertiary alicyclic amines) is 1. The van der Waals surface area contributed by atoms with E-state index in [-0.39, 0.29) is 11.9 Å². The number of aldehydes is 1. The first-order chi connectivity index (χ1) is 16.7. The van der Waals surface area contributed by atoms with Crippen LogP contribution in [0.25, 0.3) is 11.3 Å². The van der Waals surface area contributed by atoms with Crippen molar-refractivity contribution in [3.63, 3.8) is 0 Å². The van der Waals surface area contributed by atoms with Gasteiger partial charge < -0.3 is 14.6 Å². The van der Waals surface area contributed by atoms with Gasteiger partial charge in [0.1, 0.15) is 17.9 Å². The highest BCUT2D eigenvalue weighted by Gasteiger charge is 2.27. The Hall–Kier alpha value is -3.12. The summed E-state index contributed by atoms with van der Waals surface area (Å²) in [6, 6.07) is 16.8. The molecule has 176 valence electrons. The lowest BCUT2D eigenvalue weighted by Gasteiger charge is -2.34. The summed E-state index contributed by atoms with van der Waals surface area (Å²) >= 11 is 0. The summed E-state index contributed by atoms with van der Waals surface area (Å²) in [6.07, 6.45) is 8.04. The van der Waals surface area contributed by atoms with Crippen molar-refractivity contribution >= 4 is 12.1 Å². The zero-order valence-corrected chi connectivity index (χ0v) is 19.4. The molecule has 1 aromatic carbocycles. The molecule has 6 heteroatoms. The van der Waals surface area contributed by atoms with E-state index in [2.05, 4.69) is 26.9 Å². The Bertz CT molecular complexity index is 1120. The molecule has 2 fully saturated rings. The zero-order chi connectivity index (χ0) is 23.3. The van der Waals surface area contributed by atoms with Crippen molar-refractivity contribution in [2.24, 2.45) is 0 Å². The molecule has 5 nitrogen and oxygen atoms in total. The maximum absolute atomic E-state index is 13.3. The number of hydrogen-bond acceptors (Lipinski definition) is 5. The van der Waals surface area contributed by atoms with Gasteiger partial charge in [0.05, 0.1) is 11.7 Å². The van der Waals surface area contributed by atoms with Crippen LogP contribution < -0.4 is 4.90 Å². The second-order valence-electron chi connectivity index (χ2n) is 9.37. The van der Waals surface area contributed by atoms with Gasteiger partial charge >= 0.3 is 0 Å². The molecule has 3 aromatic rings. The van der Waals surface area contributed by atoms with Crippen LogP contribution in [0, 0.1) is 5.82 Å². The number of halogens is 1. The third kappa shape index (κ3) is 5.02. The standard InChI is InChI=1S/C28H31FN4O/c29-24-11-9-21(10-12-24)26-7-3-8-27(31-26)23-14-18-32(19-23)17-13-22-5-4-15-30-28(22)33-16-2-1-6-25(33)20-34/h3-5,7-12,15,20,23,25H,1-2,6,13-14,16-19H2. The highest BCUT2D eigenvalue weighted by atomic mass is 19.1. The van der Waals surface area contributed by atoms with Crippen molar-refractivity contribution in [1.29, 1.82) is 0 Å². The smallest absolute Gasteiger partial charge is 0.142 e. The molecule has 0 bridgehead atoms. The van der Waals surface area contributed by atoms with E-state index < -0.39 is 0 Å². The molecule has 0 amide bonds. The molecule has 5 rings (SSSR count). The molecule has 2 unspecified atom stereocenters. The van der Waals surface area contributed by atoms with Gasteiger partial charge in [-0.2, -0.15) is 0 Å². The first-order valence-electron chi connectivity index (χ1n) is 12.3. The SMILES string of the molecule is O=CC1CCCCN1c1ncccc1CCN1CCC(c2cccc(-c3ccc(F)cc3)n2)C1. The van der Waals surface area contributed by atoms with Crippen LogP contribution in [0.1, 0.15) is 42.9 Å². The topological polar surface area (TPSA) is 49.3 Å². The summed E-state index contributed by atoms with van der Waals surface area (Å²) in [6.45, 7) is 3.89. The van der Waals surface area contributed by atoms with Gasteiger partial charge in [-0.1, -0.05) is 12.1 Å². The number of pyridine rings is 2. The molecule has 2 atom stereocenters. The highest BCUT2D eigenvalue weighted by Crippen LogP contribution is 2.29. The normalized spacial score (nSPS) is 21.0. The van der Waals surface area contributed by atoms with Gasteiger partial charge in [-0.15, -0.1) is 0 Å². The van der Waals surface area contributed by atoms with Crippen molar-refractivity contribution in [2.75, 3.05) is 31.1 Å². The molecule has 34 heavy (non-hydrogen) atoms. The van der Waals surface area contributed by atoms with Crippen LogP contribution in [0.5, 0.6) is 0 Å². The maximum atomic E-state index is 13.3. The van der Waals surface area contributed by atoms with Crippen molar-refractivity contribution in [1.82, 2.24) is 14.9 Å². The molecule has 2 aliphatic rings. The van der Waals surface area contributed by atoms with E-state index in [1.165, 1.54) is 17.7 Å². The Morgan fingerprint density at radius 1 is 1.00 bits per heavy atom. The van der Waals surface area contributed by atoms with Crippen molar-refractivity contribution in [3.05, 3.63) is 77.9 Å². The van der Waals surface area contributed by atoms with Crippen LogP contribution in [0.2, 0.25) is 0 Å². The van der Waals surface area contributed by atoms with E-state index in [1.54, 1.807) is 12.1 Å². The Labute approximate surface area is 200 Å². The predicted octanol–water partition coefficient (Wildman–Crippen LogP) is 4.87. The number of benzene rings is 1. The number of hydrogen-bond donors (Lipinski definition) is 0. The Morgan fingerprint density at radius 2 is 1.88 bits per heavy atom. The Morgan fingerprint density at radius 3 is 2.74 bits per heavy atom. The number of carbonyl (C=O) groups is 1. The minimum Gasteiger partial charge on any atom is -0.347 e. The minimum absolute atomic E-state index is 0.0574. The molecule has 2 aromatic heterocycles. The van der Waals surface area contributed by atoms with Gasteiger partial charge in [-0.25, -0.2) is 9.37 Å². The summed E-state index contributed by atoms with van der Waals surface area (Å²) in [4.78, 5) is 25.9. The van der Waals surface area contributed by atoms with Gasteiger partial charge in [0, 0.05) is 43.0 Å². The molecule has 0 aliphatic carbocycles. The largest absolute Gasteiger partial charge is 0.347 e. The van der Waals surface area contributed by atoms with Gasteiger partial charge in [-0.3, -0.25) is 4.98 Å². The fraction of sp³-hybridized carbons (Fsp3) is 0.393. The van der Waals surface area contributed by atoms with Crippen LogP contribution in [0.4, 0.5) is 10.2 Å². The first kappa shape index (κ1) is 22.7. The van der Waals surface area contributed by atoms with Crippen LogP contribution in [-0.2, 0) is 11.2 Å². The minimum atomic E-state index is -0.231. The number of carbonyl (C=O) groups excluding carboxylic acids is 1. The molecule has 0 N–H and O–H groups in total. The highest BCUT2D eigenvalue weighted by molar-refractivity contribution is 5.66. The fourth-order valence-corrected chi connectivity index (χ4v) is 5.26. The van der Waals surface area contributed by atoms with E-state index >= 15 is 0 Å². The Balaban J connectivity index is 1.23.